The molecular weight excluding hydrogens is 216 g/mol. The normalized spacial score (nSPS) is 10.6. The number of aldehydes is 1. The van der Waals surface area contributed by atoms with Crippen LogP contribution < -0.4 is 0 Å². The summed E-state index contributed by atoms with van der Waals surface area (Å²) in [7, 11) is 1.74. The van der Waals surface area contributed by atoms with Gasteiger partial charge in [0.1, 0.15) is 0 Å². The van der Waals surface area contributed by atoms with Gasteiger partial charge in [-0.1, -0.05) is 11.6 Å². The molecule has 0 aliphatic rings. The number of carbonyl (C=O) groups excluding carboxylic acids is 1. The highest BCUT2D eigenvalue weighted by Gasteiger charge is 2.11. The quantitative estimate of drug-likeness (QED) is 0.725. The maximum absolute atomic E-state index is 10.8. The largest absolute Gasteiger partial charge is 0.298 e. The van der Waals surface area contributed by atoms with Gasteiger partial charge in [0.25, 0.3) is 0 Å². The Bertz CT molecular complexity index is 495. The summed E-state index contributed by atoms with van der Waals surface area (Å²) in [5.74, 6) is 0.488. The monoisotopic (exact) mass is 224 g/mol. The Balaban J connectivity index is 2.57. The van der Waals surface area contributed by atoms with Crippen LogP contribution in [-0.4, -0.2) is 25.8 Å². The van der Waals surface area contributed by atoms with Crippen molar-refractivity contribution in [3.05, 3.63) is 28.7 Å². The van der Waals surface area contributed by atoms with Crippen molar-refractivity contribution < 1.29 is 4.79 Å². The lowest BCUT2D eigenvalue weighted by Crippen LogP contribution is -2.00. The van der Waals surface area contributed by atoms with Gasteiger partial charge in [0.05, 0.1) is 22.5 Å². The Hall–Kier alpha value is -1.62. The third-order valence-corrected chi connectivity index (χ3v) is 2.39. The highest BCUT2D eigenvalue weighted by Crippen LogP contribution is 2.16. The van der Waals surface area contributed by atoms with Crippen molar-refractivity contribution in [1.29, 1.82) is 0 Å². The zero-order valence-electron chi connectivity index (χ0n) is 8.31. The first-order chi connectivity index (χ1) is 7.11. The molecule has 0 aliphatic heterocycles. The lowest BCUT2D eigenvalue weighted by molar-refractivity contribution is 0.112. The van der Waals surface area contributed by atoms with Crippen molar-refractivity contribution in [1.82, 2.24) is 19.6 Å². The summed E-state index contributed by atoms with van der Waals surface area (Å²) in [6.07, 6.45) is 4.01. The van der Waals surface area contributed by atoms with E-state index < -0.39 is 0 Å². The molecule has 0 fully saturated rings. The van der Waals surface area contributed by atoms with Crippen LogP contribution in [0.25, 0.3) is 5.82 Å². The van der Waals surface area contributed by atoms with Crippen molar-refractivity contribution in [2.24, 2.45) is 7.05 Å². The highest BCUT2D eigenvalue weighted by atomic mass is 35.5. The summed E-state index contributed by atoms with van der Waals surface area (Å²) >= 11 is 5.88. The molecule has 0 atom stereocenters. The fraction of sp³-hybridized carbons (Fsp3) is 0.222. The Morgan fingerprint density at radius 3 is 2.67 bits per heavy atom. The lowest BCUT2D eigenvalue weighted by Gasteiger charge is -1.95. The molecule has 0 saturated heterocycles. The van der Waals surface area contributed by atoms with E-state index in [0.717, 1.165) is 6.29 Å². The molecule has 2 rings (SSSR count). The molecule has 0 bridgehead atoms. The van der Waals surface area contributed by atoms with E-state index in [1.807, 2.05) is 0 Å². The fourth-order valence-electron chi connectivity index (χ4n) is 1.30. The van der Waals surface area contributed by atoms with Gasteiger partial charge in [-0.05, 0) is 6.92 Å². The molecule has 0 unspecified atom stereocenters. The van der Waals surface area contributed by atoms with E-state index in [9.17, 15) is 4.79 Å². The number of nitrogens with zero attached hydrogens (tertiary/aromatic N) is 4. The Labute approximate surface area is 91.3 Å². The van der Waals surface area contributed by atoms with Gasteiger partial charge in [0.15, 0.2) is 12.1 Å². The van der Waals surface area contributed by atoms with Crippen LogP contribution in [0.3, 0.4) is 0 Å². The molecule has 78 valence electrons. The number of hydrogen-bond donors (Lipinski definition) is 0. The second-order valence-corrected chi connectivity index (χ2v) is 3.61. The van der Waals surface area contributed by atoms with Gasteiger partial charge in [0.2, 0.25) is 0 Å². The van der Waals surface area contributed by atoms with Crippen LogP contribution in [-0.2, 0) is 7.05 Å². The summed E-state index contributed by atoms with van der Waals surface area (Å²) < 4.78 is 3.06. The number of aryl methyl sites for hydroxylation is 2. The predicted molar refractivity (Wildman–Crippen MR) is 55.5 cm³/mol. The Morgan fingerprint density at radius 1 is 1.40 bits per heavy atom. The minimum Gasteiger partial charge on any atom is -0.298 e. The predicted octanol–water partition coefficient (Wildman–Crippen LogP) is 1.38. The number of aromatic nitrogens is 4. The summed E-state index contributed by atoms with van der Waals surface area (Å²) in [4.78, 5) is 10.8. The molecule has 15 heavy (non-hydrogen) atoms. The summed E-state index contributed by atoms with van der Waals surface area (Å²) in [6, 6.07) is 0. The van der Waals surface area contributed by atoms with Gasteiger partial charge < -0.3 is 0 Å². The van der Waals surface area contributed by atoms with Crippen LogP contribution in [0.5, 0.6) is 0 Å². The van der Waals surface area contributed by atoms with E-state index in [-0.39, 0.29) is 0 Å². The number of hydrogen-bond acceptors (Lipinski definition) is 3. The molecule has 2 aromatic heterocycles. The van der Waals surface area contributed by atoms with Crippen molar-refractivity contribution in [2.75, 3.05) is 0 Å². The van der Waals surface area contributed by atoms with E-state index in [2.05, 4.69) is 10.2 Å². The van der Waals surface area contributed by atoms with Gasteiger partial charge in [-0.15, -0.1) is 0 Å². The third-order valence-electron chi connectivity index (χ3n) is 2.02. The maximum atomic E-state index is 10.8. The van der Waals surface area contributed by atoms with E-state index in [1.165, 1.54) is 4.68 Å². The average Bonchev–Trinajstić information content (AvgIpc) is 2.71. The van der Waals surface area contributed by atoms with Gasteiger partial charge in [-0.2, -0.15) is 10.2 Å². The molecule has 0 spiro atoms. The first kappa shape index (κ1) is 9.92. The number of rotatable bonds is 2. The standard InChI is InChI=1S/C9H9ClN4O/c1-6-8(10)4-14(11-6)9-7(5-15)3-13(2)12-9/h3-5H,1-2H3. The molecule has 6 heteroatoms. The SMILES string of the molecule is Cc1nn(-c2nn(C)cc2C=O)cc1Cl. The van der Waals surface area contributed by atoms with Gasteiger partial charge in [-0.25, -0.2) is 4.68 Å². The summed E-state index contributed by atoms with van der Waals surface area (Å²) in [5.41, 5.74) is 1.19. The van der Waals surface area contributed by atoms with E-state index in [4.69, 9.17) is 11.6 Å². The zero-order valence-corrected chi connectivity index (χ0v) is 9.06. The minimum absolute atomic E-state index is 0.483. The van der Waals surface area contributed by atoms with Crippen LogP contribution in [0.1, 0.15) is 16.1 Å². The van der Waals surface area contributed by atoms with Crippen LogP contribution in [0.15, 0.2) is 12.4 Å². The molecule has 0 amide bonds. The van der Waals surface area contributed by atoms with Gasteiger partial charge in [-0.3, -0.25) is 9.48 Å². The average molecular weight is 225 g/mol. The molecule has 0 aromatic carbocycles. The molecule has 5 nitrogen and oxygen atoms in total. The number of carbonyl (C=O) groups is 1. The number of halogens is 1. The molecule has 0 saturated carbocycles. The second kappa shape index (κ2) is 3.51. The maximum Gasteiger partial charge on any atom is 0.185 e. The first-order valence-electron chi connectivity index (χ1n) is 4.33. The van der Waals surface area contributed by atoms with Crippen LogP contribution in [0, 0.1) is 6.92 Å². The summed E-state index contributed by atoms with van der Waals surface area (Å²) in [6.45, 7) is 1.79. The highest BCUT2D eigenvalue weighted by molar-refractivity contribution is 6.31. The molecule has 2 aromatic rings. The topological polar surface area (TPSA) is 52.7 Å². The molecule has 0 aliphatic carbocycles. The van der Waals surface area contributed by atoms with E-state index in [1.54, 1.807) is 31.0 Å². The van der Waals surface area contributed by atoms with E-state index in [0.29, 0.717) is 22.1 Å². The van der Waals surface area contributed by atoms with Crippen molar-refractivity contribution in [2.45, 2.75) is 6.92 Å². The smallest absolute Gasteiger partial charge is 0.185 e. The van der Waals surface area contributed by atoms with Crippen LogP contribution in [0.4, 0.5) is 0 Å². The third kappa shape index (κ3) is 1.66. The second-order valence-electron chi connectivity index (χ2n) is 3.21. The van der Waals surface area contributed by atoms with Crippen LogP contribution >= 0.6 is 11.6 Å². The zero-order chi connectivity index (χ0) is 11.0. The van der Waals surface area contributed by atoms with Crippen molar-refractivity contribution >= 4 is 17.9 Å². The minimum atomic E-state index is 0.483. The van der Waals surface area contributed by atoms with Crippen molar-refractivity contribution in [3.8, 4) is 5.82 Å². The van der Waals surface area contributed by atoms with Gasteiger partial charge >= 0.3 is 0 Å². The van der Waals surface area contributed by atoms with Crippen LogP contribution in [0.2, 0.25) is 5.02 Å². The molecule has 2 heterocycles. The molecular formula is C9H9ClN4O. The first-order valence-corrected chi connectivity index (χ1v) is 4.70. The van der Waals surface area contributed by atoms with Gasteiger partial charge in [0, 0.05) is 13.2 Å². The molecule has 0 N–H and O–H groups in total. The fourth-order valence-corrected chi connectivity index (χ4v) is 1.43. The summed E-state index contributed by atoms with van der Waals surface area (Å²) in [5, 5.41) is 8.84. The Kier molecular flexibility index (Phi) is 2.32. The molecule has 0 radical (unpaired) electrons. The van der Waals surface area contributed by atoms with E-state index >= 15 is 0 Å². The Morgan fingerprint density at radius 2 is 2.13 bits per heavy atom. The van der Waals surface area contributed by atoms with Crippen molar-refractivity contribution in [3.63, 3.8) is 0 Å². The lowest BCUT2D eigenvalue weighted by atomic mass is 10.4.